The SMILES string of the molecule is C#CC(=O)C1SCCSC1CC. The molecule has 3 heteroatoms. The predicted molar refractivity (Wildman–Crippen MR) is 56.6 cm³/mol. The van der Waals surface area contributed by atoms with Gasteiger partial charge in [0.05, 0.1) is 5.25 Å². The van der Waals surface area contributed by atoms with Gasteiger partial charge in [-0.2, -0.15) is 11.8 Å². The summed E-state index contributed by atoms with van der Waals surface area (Å²) in [6.07, 6.45) is 6.14. The molecule has 2 unspecified atom stereocenters. The van der Waals surface area contributed by atoms with Crippen LogP contribution in [0, 0.1) is 12.3 Å². The molecule has 0 amide bonds. The number of carbonyl (C=O) groups excluding carboxylic acids is 1. The summed E-state index contributed by atoms with van der Waals surface area (Å²) in [5, 5.41) is 0.492. The van der Waals surface area contributed by atoms with Gasteiger partial charge in [0.15, 0.2) is 0 Å². The van der Waals surface area contributed by atoms with Crippen molar-refractivity contribution in [1.29, 1.82) is 0 Å². The summed E-state index contributed by atoms with van der Waals surface area (Å²) in [6.45, 7) is 2.11. The average Bonchev–Trinajstić information content (AvgIpc) is 2.16. The van der Waals surface area contributed by atoms with Crippen LogP contribution in [0.15, 0.2) is 0 Å². The lowest BCUT2D eigenvalue weighted by Crippen LogP contribution is -2.31. The number of rotatable bonds is 2. The van der Waals surface area contributed by atoms with Crippen LogP contribution in [0.5, 0.6) is 0 Å². The maximum absolute atomic E-state index is 11.3. The molecule has 12 heavy (non-hydrogen) atoms. The normalized spacial score (nSPS) is 29.3. The quantitative estimate of drug-likeness (QED) is 0.500. The van der Waals surface area contributed by atoms with Crippen LogP contribution >= 0.6 is 23.5 Å². The third kappa shape index (κ3) is 2.21. The Kier molecular flexibility index (Phi) is 4.03. The second kappa shape index (κ2) is 4.84. The summed E-state index contributed by atoms with van der Waals surface area (Å²) < 4.78 is 0. The van der Waals surface area contributed by atoms with Gasteiger partial charge >= 0.3 is 0 Å². The highest BCUT2D eigenvalue weighted by Gasteiger charge is 2.29. The standard InChI is InChI=1S/C9H12OS2/c1-3-7(10)9-8(4-2)11-5-6-12-9/h1,8-9H,4-6H2,2H3. The summed E-state index contributed by atoms with van der Waals surface area (Å²) in [5.74, 6) is 4.40. The van der Waals surface area contributed by atoms with Gasteiger partial charge in [0.2, 0.25) is 5.78 Å². The molecule has 1 rings (SSSR count). The second-order valence-corrected chi connectivity index (χ2v) is 5.21. The number of Topliss-reactive ketones (excluding diaryl/α,β-unsaturated/α-hetero) is 1. The van der Waals surface area contributed by atoms with E-state index >= 15 is 0 Å². The van der Waals surface area contributed by atoms with Crippen molar-refractivity contribution >= 4 is 29.3 Å². The lowest BCUT2D eigenvalue weighted by atomic mass is 10.2. The largest absolute Gasteiger partial charge is 0.284 e. The number of hydrogen-bond donors (Lipinski definition) is 0. The first-order valence-electron chi connectivity index (χ1n) is 4.03. The van der Waals surface area contributed by atoms with Gasteiger partial charge in [0, 0.05) is 16.8 Å². The van der Waals surface area contributed by atoms with E-state index in [0.29, 0.717) is 5.25 Å². The molecule has 0 aliphatic carbocycles. The fourth-order valence-electron chi connectivity index (χ4n) is 1.23. The Hall–Kier alpha value is -0.0700. The van der Waals surface area contributed by atoms with Gasteiger partial charge in [0.1, 0.15) is 0 Å². The molecule has 1 heterocycles. The summed E-state index contributed by atoms with van der Waals surface area (Å²) >= 11 is 3.59. The molecule has 0 aromatic heterocycles. The van der Waals surface area contributed by atoms with Crippen molar-refractivity contribution in [3.63, 3.8) is 0 Å². The van der Waals surface area contributed by atoms with Crippen molar-refractivity contribution in [2.75, 3.05) is 11.5 Å². The third-order valence-electron chi connectivity index (χ3n) is 1.85. The van der Waals surface area contributed by atoms with Gasteiger partial charge in [-0.25, -0.2) is 0 Å². The lowest BCUT2D eigenvalue weighted by Gasteiger charge is -2.26. The molecule has 0 aromatic rings. The monoisotopic (exact) mass is 200 g/mol. The fourth-order valence-corrected chi connectivity index (χ4v) is 4.19. The van der Waals surface area contributed by atoms with Gasteiger partial charge in [-0.3, -0.25) is 4.79 Å². The zero-order valence-electron chi connectivity index (χ0n) is 7.08. The number of thioether (sulfide) groups is 2. The van der Waals surface area contributed by atoms with Crippen LogP contribution in [0.2, 0.25) is 0 Å². The Bertz CT molecular complexity index is 207. The molecule has 0 spiro atoms. The molecule has 0 saturated carbocycles. The van der Waals surface area contributed by atoms with Crippen LogP contribution in [0.3, 0.4) is 0 Å². The highest BCUT2D eigenvalue weighted by molar-refractivity contribution is 8.07. The first-order chi connectivity index (χ1) is 5.79. The summed E-state index contributed by atoms with van der Waals surface area (Å²) in [6, 6.07) is 0. The number of hydrogen-bond acceptors (Lipinski definition) is 3. The Morgan fingerprint density at radius 1 is 1.58 bits per heavy atom. The molecule has 1 fully saturated rings. The fraction of sp³-hybridized carbons (Fsp3) is 0.667. The molecule has 0 aromatic carbocycles. The molecule has 1 aliphatic heterocycles. The Morgan fingerprint density at radius 2 is 2.25 bits per heavy atom. The van der Waals surface area contributed by atoms with Crippen LogP contribution in [-0.2, 0) is 4.79 Å². The van der Waals surface area contributed by atoms with E-state index in [1.807, 2.05) is 11.8 Å². The minimum absolute atomic E-state index is 0.0287. The van der Waals surface area contributed by atoms with Crippen molar-refractivity contribution in [2.45, 2.75) is 23.8 Å². The highest BCUT2D eigenvalue weighted by Crippen LogP contribution is 2.33. The van der Waals surface area contributed by atoms with Crippen molar-refractivity contribution < 1.29 is 4.79 Å². The van der Waals surface area contributed by atoms with E-state index in [1.165, 1.54) is 0 Å². The van der Waals surface area contributed by atoms with E-state index in [0.717, 1.165) is 17.9 Å². The zero-order chi connectivity index (χ0) is 8.97. The number of ketones is 1. The predicted octanol–water partition coefficient (Wildman–Crippen LogP) is 1.82. The van der Waals surface area contributed by atoms with Crippen LogP contribution in [0.4, 0.5) is 0 Å². The van der Waals surface area contributed by atoms with Gasteiger partial charge in [-0.05, 0) is 12.3 Å². The zero-order valence-corrected chi connectivity index (χ0v) is 8.71. The van der Waals surface area contributed by atoms with Crippen molar-refractivity contribution in [2.24, 2.45) is 0 Å². The molecular weight excluding hydrogens is 188 g/mol. The highest BCUT2D eigenvalue weighted by atomic mass is 32.2. The smallest absolute Gasteiger partial charge is 0.219 e. The van der Waals surface area contributed by atoms with Gasteiger partial charge in [-0.15, -0.1) is 18.2 Å². The maximum atomic E-state index is 11.3. The number of terminal acetylenes is 1. The minimum Gasteiger partial charge on any atom is -0.284 e. The van der Waals surface area contributed by atoms with Crippen LogP contribution < -0.4 is 0 Å². The molecular formula is C9H12OS2. The molecule has 1 aliphatic rings. The Balaban J connectivity index is 2.60. The molecule has 1 nitrogen and oxygen atoms in total. The molecule has 66 valence electrons. The summed E-state index contributed by atoms with van der Waals surface area (Å²) in [4.78, 5) is 11.3. The van der Waals surface area contributed by atoms with E-state index in [-0.39, 0.29) is 11.0 Å². The van der Waals surface area contributed by atoms with E-state index < -0.39 is 0 Å². The first kappa shape index (κ1) is 10.0. The van der Waals surface area contributed by atoms with Gasteiger partial charge in [0.25, 0.3) is 0 Å². The van der Waals surface area contributed by atoms with Gasteiger partial charge < -0.3 is 0 Å². The van der Waals surface area contributed by atoms with E-state index in [4.69, 9.17) is 6.42 Å². The van der Waals surface area contributed by atoms with Crippen LogP contribution in [0.25, 0.3) is 0 Å². The molecule has 0 radical (unpaired) electrons. The van der Waals surface area contributed by atoms with Crippen LogP contribution in [-0.4, -0.2) is 27.8 Å². The number of carbonyl (C=O) groups is 1. The average molecular weight is 200 g/mol. The van der Waals surface area contributed by atoms with Gasteiger partial charge in [-0.1, -0.05) is 6.92 Å². The minimum atomic E-state index is -0.0287. The van der Waals surface area contributed by atoms with Crippen molar-refractivity contribution in [1.82, 2.24) is 0 Å². The maximum Gasteiger partial charge on any atom is 0.219 e. The third-order valence-corrected chi connectivity index (χ3v) is 5.10. The molecule has 1 saturated heterocycles. The Labute approximate surface area is 82.1 Å². The first-order valence-corrected chi connectivity index (χ1v) is 6.13. The molecule has 0 N–H and O–H groups in total. The van der Waals surface area contributed by atoms with E-state index in [9.17, 15) is 4.79 Å². The lowest BCUT2D eigenvalue weighted by molar-refractivity contribution is -0.113. The Morgan fingerprint density at radius 3 is 2.83 bits per heavy atom. The topological polar surface area (TPSA) is 17.1 Å². The molecule has 0 bridgehead atoms. The van der Waals surface area contributed by atoms with E-state index in [2.05, 4.69) is 12.8 Å². The van der Waals surface area contributed by atoms with E-state index in [1.54, 1.807) is 11.8 Å². The van der Waals surface area contributed by atoms with Crippen molar-refractivity contribution in [3.05, 3.63) is 0 Å². The molecule has 2 atom stereocenters. The van der Waals surface area contributed by atoms with Crippen LogP contribution in [0.1, 0.15) is 13.3 Å². The summed E-state index contributed by atoms with van der Waals surface area (Å²) in [7, 11) is 0. The van der Waals surface area contributed by atoms with Crippen molar-refractivity contribution in [3.8, 4) is 12.3 Å². The second-order valence-electron chi connectivity index (χ2n) is 2.62. The summed E-state index contributed by atoms with van der Waals surface area (Å²) in [5.41, 5.74) is 0.